The van der Waals surface area contributed by atoms with Crippen molar-refractivity contribution < 1.29 is 9.53 Å². The predicted molar refractivity (Wildman–Crippen MR) is 102 cm³/mol. The molecule has 0 saturated carbocycles. The van der Waals surface area contributed by atoms with Gasteiger partial charge in [-0.25, -0.2) is 9.78 Å². The van der Waals surface area contributed by atoms with Gasteiger partial charge in [-0.05, 0) is 37.3 Å². The number of anilines is 2. The van der Waals surface area contributed by atoms with Crippen molar-refractivity contribution in [1.29, 1.82) is 0 Å². The van der Waals surface area contributed by atoms with Crippen LogP contribution in [0, 0.1) is 6.92 Å². The predicted octanol–water partition coefficient (Wildman–Crippen LogP) is 5.57. The normalized spacial score (nSPS) is 10.4. The van der Waals surface area contributed by atoms with Gasteiger partial charge >= 0.3 is 6.03 Å². The van der Waals surface area contributed by atoms with E-state index in [-0.39, 0.29) is 6.03 Å². The van der Waals surface area contributed by atoms with E-state index in [0.29, 0.717) is 21.0 Å². The van der Waals surface area contributed by atoms with Crippen LogP contribution in [0.25, 0.3) is 0 Å². The molecule has 0 aliphatic heterocycles. The Hall–Kier alpha value is -2.57. The SMILES string of the molecule is Cc1ccc(N(C)C(=O)Nc2ncc(Oc3cccc(Cl)c3)s2)cc1. The summed E-state index contributed by atoms with van der Waals surface area (Å²) >= 11 is 7.18. The smallest absolute Gasteiger partial charge is 0.327 e. The van der Waals surface area contributed by atoms with E-state index in [4.69, 9.17) is 16.3 Å². The summed E-state index contributed by atoms with van der Waals surface area (Å²) in [6, 6.07) is 14.5. The van der Waals surface area contributed by atoms with Crippen molar-refractivity contribution in [3.63, 3.8) is 0 Å². The molecule has 0 saturated heterocycles. The molecule has 7 heteroatoms. The number of nitrogens with one attached hydrogen (secondary N) is 1. The Morgan fingerprint density at radius 2 is 2.00 bits per heavy atom. The molecule has 3 rings (SSSR count). The number of amides is 2. The van der Waals surface area contributed by atoms with Crippen LogP contribution >= 0.6 is 22.9 Å². The van der Waals surface area contributed by atoms with Crippen LogP contribution < -0.4 is 15.0 Å². The van der Waals surface area contributed by atoms with Crippen LogP contribution in [0.4, 0.5) is 15.6 Å². The lowest BCUT2D eigenvalue weighted by Gasteiger charge is -2.17. The molecule has 0 aliphatic rings. The number of hydrogen-bond acceptors (Lipinski definition) is 4. The van der Waals surface area contributed by atoms with Gasteiger partial charge in [-0.3, -0.25) is 10.2 Å². The number of ether oxygens (including phenoxy) is 1. The Balaban J connectivity index is 1.64. The Morgan fingerprint density at radius 1 is 1.24 bits per heavy atom. The third kappa shape index (κ3) is 4.49. The number of rotatable bonds is 4. The van der Waals surface area contributed by atoms with Crippen LogP contribution in [0.5, 0.6) is 10.8 Å². The van der Waals surface area contributed by atoms with Crippen LogP contribution in [0.2, 0.25) is 5.02 Å². The topological polar surface area (TPSA) is 54.5 Å². The maximum absolute atomic E-state index is 12.3. The van der Waals surface area contributed by atoms with Gasteiger partial charge in [0.1, 0.15) is 5.75 Å². The lowest BCUT2D eigenvalue weighted by molar-refractivity contribution is 0.258. The van der Waals surface area contributed by atoms with Gasteiger partial charge in [0.05, 0.1) is 6.20 Å². The van der Waals surface area contributed by atoms with E-state index >= 15 is 0 Å². The van der Waals surface area contributed by atoms with Gasteiger partial charge in [-0.15, -0.1) is 0 Å². The van der Waals surface area contributed by atoms with Gasteiger partial charge in [0.25, 0.3) is 0 Å². The number of urea groups is 1. The van der Waals surface area contributed by atoms with Gasteiger partial charge in [0.2, 0.25) is 5.06 Å². The number of hydrogen-bond donors (Lipinski definition) is 1. The Kier molecular flexibility index (Phi) is 5.21. The monoisotopic (exact) mass is 373 g/mol. The number of carbonyl (C=O) groups is 1. The average Bonchev–Trinajstić information content (AvgIpc) is 3.01. The number of aromatic nitrogens is 1. The molecule has 3 aromatic rings. The summed E-state index contributed by atoms with van der Waals surface area (Å²) in [7, 11) is 1.71. The second kappa shape index (κ2) is 7.55. The largest absolute Gasteiger partial charge is 0.445 e. The van der Waals surface area contributed by atoms with Gasteiger partial charge in [-0.1, -0.05) is 46.7 Å². The number of benzene rings is 2. The van der Waals surface area contributed by atoms with E-state index < -0.39 is 0 Å². The van der Waals surface area contributed by atoms with Crippen LogP contribution in [-0.2, 0) is 0 Å². The second-order valence-electron chi connectivity index (χ2n) is 5.37. The summed E-state index contributed by atoms with van der Waals surface area (Å²) in [4.78, 5) is 18.0. The fourth-order valence-corrected chi connectivity index (χ4v) is 2.93. The average molecular weight is 374 g/mol. The minimum atomic E-state index is -0.271. The molecule has 2 aromatic carbocycles. The zero-order valence-electron chi connectivity index (χ0n) is 13.7. The molecule has 0 bridgehead atoms. The van der Waals surface area contributed by atoms with Gasteiger partial charge < -0.3 is 4.74 Å². The molecule has 0 aliphatic carbocycles. The highest BCUT2D eigenvalue weighted by Gasteiger charge is 2.13. The Bertz CT molecular complexity index is 880. The Morgan fingerprint density at radius 3 is 2.72 bits per heavy atom. The van der Waals surface area contributed by atoms with E-state index in [2.05, 4.69) is 10.3 Å². The molecule has 0 unspecified atom stereocenters. The third-order valence-electron chi connectivity index (χ3n) is 3.44. The molecular weight excluding hydrogens is 358 g/mol. The standard InChI is InChI=1S/C18H16ClN3O2S/c1-12-6-8-14(9-7-12)22(2)18(23)21-17-20-11-16(25-17)24-15-5-3-4-13(19)10-15/h3-11H,1-2H3,(H,20,21,23). The number of thiazole rings is 1. The molecule has 1 aromatic heterocycles. The first-order valence-corrected chi connectivity index (χ1v) is 8.71. The van der Waals surface area contributed by atoms with Crippen molar-refractivity contribution in [3.05, 3.63) is 65.3 Å². The van der Waals surface area contributed by atoms with Crippen molar-refractivity contribution in [1.82, 2.24) is 4.98 Å². The fourth-order valence-electron chi connectivity index (χ4n) is 2.07. The summed E-state index contributed by atoms with van der Waals surface area (Å²) < 4.78 is 5.69. The first-order valence-electron chi connectivity index (χ1n) is 7.52. The zero-order valence-corrected chi connectivity index (χ0v) is 15.3. The second-order valence-corrected chi connectivity index (χ2v) is 6.80. The summed E-state index contributed by atoms with van der Waals surface area (Å²) in [5.74, 6) is 0.616. The molecule has 0 atom stereocenters. The molecule has 0 fully saturated rings. The minimum absolute atomic E-state index is 0.271. The van der Waals surface area contributed by atoms with Gasteiger partial charge in [0, 0.05) is 17.8 Å². The molecule has 25 heavy (non-hydrogen) atoms. The van der Waals surface area contributed by atoms with Crippen LogP contribution in [0.1, 0.15) is 5.56 Å². The van der Waals surface area contributed by atoms with Crippen LogP contribution in [0.15, 0.2) is 54.7 Å². The van der Waals surface area contributed by atoms with Crippen molar-refractivity contribution in [2.45, 2.75) is 6.92 Å². The fraction of sp³-hybridized carbons (Fsp3) is 0.111. The van der Waals surface area contributed by atoms with E-state index in [0.717, 1.165) is 11.3 Å². The highest BCUT2D eigenvalue weighted by Crippen LogP contribution is 2.31. The number of halogens is 1. The molecular formula is C18H16ClN3O2S. The molecule has 1 N–H and O–H groups in total. The molecule has 1 heterocycles. The highest BCUT2D eigenvalue weighted by atomic mass is 35.5. The summed E-state index contributed by atoms with van der Waals surface area (Å²) in [5, 5.41) is 4.38. The first kappa shape index (κ1) is 17.3. The molecule has 128 valence electrons. The van der Waals surface area contributed by atoms with E-state index in [1.807, 2.05) is 31.2 Å². The summed E-state index contributed by atoms with van der Waals surface area (Å²) in [5.41, 5.74) is 1.94. The lowest BCUT2D eigenvalue weighted by atomic mass is 10.2. The Labute approximate surface area is 154 Å². The van der Waals surface area contributed by atoms with Gasteiger partial charge in [-0.2, -0.15) is 0 Å². The number of aryl methyl sites for hydroxylation is 1. The summed E-state index contributed by atoms with van der Waals surface area (Å²) in [6.07, 6.45) is 1.56. The van der Waals surface area contributed by atoms with E-state index in [9.17, 15) is 4.79 Å². The third-order valence-corrected chi connectivity index (χ3v) is 4.46. The molecule has 0 spiro atoms. The van der Waals surface area contributed by atoms with Crippen molar-refractivity contribution in [3.8, 4) is 10.8 Å². The lowest BCUT2D eigenvalue weighted by Crippen LogP contribution is -2.31. The van der Waals surface area contributed by atoms with Gasteiger partial charge in [0.15, 0.2) is 5.13 Å². The molecule has 5 nitrogen and oxygen atoms in total. The zero-order chi connectivity index (χ0) is 17.8. The quantitative estimate of drug-likeness (QED) is 0.650. The maximum atomic E-state index is 12.3. The molecule has 0 radical (unpaired) electrons. The number of nitrogens with zero attached hydrogens (tertiary/aromatic N) is 2. The van der Waals surface area contributed by atoms with Crippen LogP contribution in [-0.4, -0.2) is 18.1 Å². The highest BCUT2D eigenvalue weighted by molar-refractivity contribution is 7.17. The molecule has 2 amide bonds. The maximum Gasteiger partial charge on any atom is 0.327 e. The summed E-state index contributed by atoms with van der Waals surface area (Å²) in [6.45, 7) is 2.00. The van der Waals surface area contributed by atoms with E-state index in [1.165, 1.54) is 16.2 Å². The first-order chi connectivity index (χ1) is 12.0. The van der Waals surface area contributed by atoms with Crippen LogP contribution in [0.3, 0.4) is 0 Å². The van der Waals surface area contributed by atoms with Crippen molar-refractivity contribution >= 4 is 39.8 Å². The van der Waals surface area contributed by atoms with Crippen molar-refractivity contribution in [2.75, 3.05) is 17.3 Å². The van der Waals surface area contributed by atoms with E-state index in [1.54, 1.807) is 37.5 Å². The van der Waals surface area contributed by atoms with Crippen molar-refractivity contribution in [2.24, 2.45) is 0 Å². The minimum Gasteiger partial charge on any atom is -0.445 e. The number of carbonyl (C=O) groups excluding carboxylic acids is 1.